The zero-order valence-electron chi connectivity index (χ0n) is 11.3. The molecule has 2 atom stereocenters. The first-order valence-corrected chi connectivity index (χ1v) is 7.76. The summed E-state index contributed by atoms with van der Waals surface area (Å²) in [6.45, 7) is 3.66. The Labute approximate surface area is 118 Å². The molecule has 2 amide bonds. The van der Waals surface area contributed by atoms with Crippen molar-refractivity contribution in [2.24, 2.45) is 5.92 Å². The van der Waals surface area contributed by atoms with Crippen LogP contribution in [0, 0.1) is 5.92 Å². The summed E-state index contributed by atoms with van der Waals surface area (Å²) in [4.78, 5) is 15.1. The molecule has 2 heterocycles. The molecule has 0 unspecified atom stereocenters. The van der Waals surface area contributed by atoms with E-state index >= 15 is 0 Å². The fraction of sp³-hybridized carbons (Fsp3) is 0.643. The number of aliphatic hydroxyl groups excluding tert-OH is 1. The molecule has 106 valence electrons. The van der Waals surface area contributed by atoms with Crippen molar-refractivity contribution in [3.8, 4) is 0 Å². The van der Waals surface area contributed by atoms with Crippen molar-refractivity contribution in [2.75, 3.05) is 19.7 Å². The average molecular weight is 282 g/mol. The van der Waals surface area contributed by atoms with Crippen molar-refractivity contribution in [2.45, 2.75) is 32.2 Å². The molecule has 0 spiro atoms. The molecule has 0 bridgehead atoms. The molecule has 19 heavy (non-hydrogen) atoms. The highest BCUT2D eigenvalue weighted by Gasteiger charge is 2.27. The Morgan fingerprint density at radius 1 is 1.68 bits per heavy atom. The van der Waals surface area contributed by atoms with Crippen LogP contribution < -0.4 is 5.32 Å². The van der Waals surface area contributed by atoms with Gasteiger partial charge in [-0.25, -0.2) is 4.79 Å². The summed E-state index contributed by atoms with van der Waals surface area (Å²) in [5, 5.41) is 14.3. The Hall–Kier alpha value is -1.07. The van der Waals surface area contributed by atoms with Gasteiger partial charge in [0.15, 0.2) is 0 Å². The average Bonchev–Trinajstić information content (AvgIpc) is 3.06. The van der Waals surface area contributed by atoms with Gasteiger partial charge in [-0.05, 0) is 36.6 Å². The van der Waals surface area contributed by atoms with Gasteiger partial charge >= 0.3 is 6.03 Å². The Balaban J connectivity index is 1.73. The molecular weight excluding hydrogens is 260 g/mol. The van der Waals surface area contributed by atoms with Gasteiger partial charge in [0.05, 0.1) is 12.6 Å². The van der Waals surface area contributed by atoms with E-state index in [1.165, 1.54) is 4.88 Å². The van der Waals surface area contributed by atoms with E-state index in [9.17, 15) is 9.90 Å². The van der Waals surface area contributed by atoms with Gasteiger partial charge in [0.2, 0.25) is 0 Å². The normalized spacial score (nSPS) is 20.5. The van der Waals surface area contributed by atoms with Gasteiger partial charge in [-0.2, -0.15) is 0 Å². The van der Waals surface area contributed by atoms with Crippen molar-refractivity contribution in [3.05, 3.63) is 22.4 Å². The highest BCUT2D eigenvalue weighted by Crippen LogP contribution is 2.17. The first-order valence-electron chi connectivity index (χ1n) is 6.88. The fourth-order valence-electron chi connectivity index (χ4n) is 2.50. The van der Waals surface area contributed by atoms with Crippen LogP contribution in [-0.4, -0.2) is 41.8 Å². The molecule has 1 fully saturated rings. The molecule has 2 N–H and O–H groups in total. The summed E-state index contributed by atoms with van der Waals surface area (Å²) in [5.74, 6) is 0.428. The molecule has 1 aromatic rings. The standard InChI is InChI=1S/C14H22N2O2S/c1-11(8-13-5-3-7-19-13)9-15-14(18)16-6-2-4-12(16)10-17/h3,5,7,11-12,17H,2,4,6,8-10H2,1H3,(H,15,18)/t11-,12+/m0/s1. The largest absolute Gasteiger partial charge is 0.394 e. The Morgan fingerprint density at radius 3 is 3.21 bits per heavy atom. The smallest absolute Gasteiger partial charge is 0.317 e. The highest BCUT2D eigenvalue weighted by molar-refractivity contribution is 7.09. The van der Waals surface area contributed by atoms with E-state index in [1.807, 2.05) is 0 Å². The van der Waals surface area contributed by atoms with E-state index in [2.05, 4.69) is 29.8 Å². The summed E-state index contributed by atoms with van der Waals surface area (Å²) in [6.07, 6.45) is 2.90. The number of carbonyl (C=O) groups excluding carboxylic acids is 1. The zero-order chi connectivity index (χ0) is 13.7. The van der Waals surface area contributed by atoms with Crippen LogP contribution in [0.15, 0.2) is 17.5 Å². The third-order valence-electron chi connectivity index (χ3n) is 3.58. The molecule has 4 nitrogen and oxygen atoms in total. The molecule has 1 aliphatic heterocycles. The lowest BCUT2D eigenvalue weighted by atomic mass is 10.1. The number of hydrogen-bond acceptors (Lipinski definition) is 3. The Bertz CT molecular complexity index is 394. The number of thiophene rings is 1. The summed E-state index contributed by atoms with van der Waals surface area (Å²) in [7, 11) is 0. The second-order valence-electron chi connectivity index (χ2n) is 5.25. The van der Waals surface area contributed by atoms with Crippen LogP contribution in [0.5, 0.6) is 0 Å². The molecule has 0 radical (unpaired) electrons. The summed E-state index contributed by atoms with van der Waals surface area (Å²) in [5.41, 5.74) is 0. The Kier molecular flexibility index (Phi) is 5.22. The van der Waals surface area contributed by atoms with E-state index in [4.69, 9.17) is 0 Å². The quantitative estimate of drug-likeness (QED) is 0.869. The van der Waals surface area contributed by atoms with Crippen LogP contribution in [0.25, 0.3) is 0 Å². The van der Waals surface area contributed by atoms with Gasteiger partial charge in [-0.1, -0.05) is 13.0 Å². The number of likely N-dealkylation sites (tertiary alicyclic amines) is 1. The summed E-state index contributed by atoms with van der Waals surface area (Å²) < 4.78 is 0. The van der Waals surface area contributed by atoms with Crippen molar-refractivity contribution < 1.29 is 9.90 Å². The van der Waals surface area contributed by atoms with Gasteiger partial charge in [0.1, 0.15) is 0 Å². The van der Waals surface area contributed by atoms with E-state index in [0.29, 0.717) is 12.5 Å². The molecule has 0 aliphatic carbocycles. The van der Waals surface area contributed by atoms with Crippen LogP contribution in [0.4, 0.5) is 4.79 Å². The number of amides is 2. The first kappa shape index (κ1) is 14.3. The maximum absolute atomic E-state index is 12.0. The lowest BCUT2D eigenvalue weighted by Gasteiger charge is -2.24. The van der Waals surface area contributed by atoms with Gasteiger partial charge in [-0.3, -0.25) is 0 Å². The molecule has 5 heteroatoms. The topological polar surface area (TPSA) is 52.6 Å². The molecular formula is C14H22N2O2S. The van der Waals surface area contributed by atoms with Crippen molar-refractivity contribution in [1.29, 1.82) is 0 Å². The molecule has 0 aromatic carbocycles. The van der Waals surface area contributed by atoms with Crippen molar-refractivity contribution in [1.82, 2.24) is 10.2 Å². The molecule has 0 saturated carbocycles. The number of hydrogen-bond donors (Lipinski definition) is 2. The maximum Gasteiger partial charge on any atom is 0.317 e. The third kappa shape index (κ3) is 3.94. The highest BCUT2D eigenvalue weighted by atomic mass is 32.1. The number of carbonyl (C=O) groups is 1. The van der Waals surface area contributed by atoms with Crippen LogP contribution in [-0.2, 0) is 6.42 Å². The first-order chi connectivity index (χ1) is 9.20. The molecule has 1 aliphatic rings. The van der Waals surface area contributed by atoms with Gasteiger partial charge in [0, 0.05) is 18.0 Å². The van der Waals surface area contributed by atoms with Crippen molar-refractivity contribution in [3.63, 3.8) is 0 Å². The van der Waals surface area contributed by atoms with Crippen LogP contribution in [0.3, 0.4) is 0 Å². The number of nitrogens with zero attached hydrogens (tertiary/aromatic N) is 1. The minimum absolute atomic E-state index is 0.00704. The second kappa shape index (κ2) is 6.91. The van der Waals surface area contributed by atoms with E-state index < -0.39 is 0 Å². The lowest BCUT2D eigenvalue weighted by molar-refractivity contribution is 0.156. The van der Waals surface area contributed by atoms with Gasteiger partial charge in [0.25, 0.3) is 0 Å². The van der Waals surface area contributed by atoms with E-state index in [-0.39, 0.29) is 18.7 Å². The van der Waals surface area contributed by atoms with E-state index in [0.717, 1.165) is 25.8 Å². The number of urea groups is 1. The predicted octanol–water partition coefficient (Wildman–Crippen LogP) is 2.09. The second-order valence-corrected chi connectivity index (χ2v) is 6.28. The van der Waals surface area contributed by atoms with Crippen LogP contribution >= 0.6 is 11.3 Å². The number of rotatable bonds is 5. The molecule has 2 rings (SSSR count). The minimum atomic E-state index is -0.0328. The SMILES string of the molecule is C[C@H](CNC(=O)N1CCC[C@@H]1CO)Cc1cccs1. The van der Waals surface area contributed by atoms with Gasteiger partial charge in [-0.15, -0.1) is 11.3 Å². The predicted molar refractivity (Wildman–Crippen MR) is 77.4 cm³/mol. The van der Waals surface area contributed by atoms with Gasteiger partial charge < -0.3 is 15.3 Å². The van der Waals surface area contributed by atoms with Crippen LogP contribution in [0.2, 0.25) is 0 Å². The van der Waals surface area contributed by atoms with Crippen molar-refractivity contribution >= 4 is 17.4 Å². The number of aliphatic hydroxyl groups is 1. The minimum Gasteiger partial charge on any atom is -0.394 e. The molecule has 1 saturated heterocycles. The van der Waals surface area contributed by atoms with E-state index in [1.54, 1.807) is 16.2 Å². The molecule has 1 aromatic heterocycles. The monoisotopic (exact) mass is 282 g/mol. The third-order valence-corrected chi connectivity index (χ3v) is 4.48. The Morgan fingerprint density at radius 2 is 2.53 bits per heavy atom. The zero-order valence-corrected chi connectivity index (χ0v) is 12.2. The number of nitrogens with one attached hydrogen (secondary N) is 1. The lowest BCUT2D eigenvalue weighted by Crippen LogP contribution is -2.45. The summed E-state index contributed by atoms with van der Waals surface area (Å²) in [6, 6.07) is 4.16. The maximum atomic E-state index is 12.0. The fourth-order valence-corrected chi connectivity index (χ4v) is 3.37. The van der Waals surface area contributed by atoms with Crippen LogP contribution in [0.1, 0.15) is 24.6 Å². The summed E-state index contributed by atoms with van der Waals surface area (Å²) >= 11 is 1.76.